The summed E-state index contributed by atoms with van der Waals surface area (Å²) >= 11 is 5.83. The molecule has 1 N–H and O–H groups in total. The Kier molecular flexibility index (Phi) is 4.22. The molecule has 0 radical (unpaired) electrons. The minimum atomic E-state index is 0.151. The Morgan fingerprint density at radius 1 is 1.38 bits per heavy atom. The highest BCUT2D eigenvalue weighted by Crippen LogP contribution is 2.17. The van der Waals surface area contributed by atoms with Crippen molar-refractivity contribution >= 4 is 11.6 Å². The lowest BCUT2D eigenvalue weighted by Crippen LogP contribution is -1.98. The summed E-state index contributed by atoms with van der Waals surface area (Å²) in [6.45, 7) is 0.689. The number of methoxy groups -OCH3 is 1. The maximum Gasteiger partial charge on any atom is 0.0716 e. The molecule has 0 fully saturated rings. The van der Waals surface area contributed by atoms with Crippen LogP contribution >= 0.6 is 11.6 Å². The van der Waals surface area contributed by atoms with E-state index >= 15 is 0 Å². The Balaban J connectivity index is 2.89. The normalized spacial score (nSPS) is 10.4. The van der Waals surface area contributed by atoms with Gasteiger partial charge in [-0.15, -0.1) is 0 Å². The number of rotatable bonds is 4. The second-order valence-electron chi connectivity index (χ2n) is 2.82. The molecule has 0 atom stereocenters. The average Bonchev–Trinajstić information content (AvgIpc) is 2.10. The zero-order chi connectivity index (χ0) is 9.68. The van der Waals surface area contributed by atoms with Crippen LogP contribution < -0.4 is 0 Å². The number of ether oxygens (including phenoxy) is 1. The zero-order valence-electron chi connectivity index (χ0n) is 7.59. The van der Waals surface area contributed by atoms with Gasteiger partial charge in [-0.05, 0) is 29.7 Å². The third-order valence-electron chi connectivity index (χ3n) is 1.85. The van der Waals surface area contributed by atoms with Gasteiger partial charge < -0.3 is 9.84 Å². The SMILES string of the molecule is COCc1cc(Cl)ccc1CCO. The van der Waals surface area contributed by atoms with Crippen molar-refractivity contribution in [3.63, 3.8) is 0 Å². The highest BCUT2D eigenvalue weighted by atomic mass is 35.5. The van der Waals surface area contributed by atoms with Crippen LogP contribution in [0, 0.1) is 0 Å². The summed E-state index contributed by atoms with van der Waals surface area (Å²) < 4.78 is 5.03. The molecule has 0 amide bonds. The lowest BCUT2D eigenvalue weighted by atomic mass is 10.1. The molecule has 0 aromatic heterocycles. The van der Waals surface area contributed by atoms with Gasteiger partial charge in [0, 0.05) is 18.7 Å². The first-order valence-electron chi connectivity index (χ1n) is 4.15. The first kappa shape index (κ1) is 10.5. The minimum Gasteiger partial charge on any atom is -0.396 e. The van der Waals surface area contributed by atoms with Crippen LogP contribution in [0.1, 0.15) is 11.1 Å². The van der Waals surface area contributed by atoms with E-state index in [1.165, 1.54) is 0 Å². The molecule has 0 heterocycles. The van der Waals surface area contributed by atoms with Crippen LogP contribution in [0.4, 0.5) is 0 Å². The van der Waals surface area contributed by atoms with Crippen molar-refractivity contribution < 1.29 is 9.84 Å². The predicted octanol–water partition coefficient (Wildman–Crippen LogP) is 2.02. The smallest absolute Gasteiger partial charge is 0.0716 e. The summed E-state index contributed by atoms with van der Waals surface area (Å²) in [4.78, 5) is 0. The Morgan fingerprint density at radius 3 is 2.77 bits per heavy atom. The van der Waals surface area contributed by atoms with Crippen molar-refractivity contribution in [2.75, 3.05) is 13.7 Å². The molecular formula is C10H13ClO2. The molecule has 0 unspecified atom stereocenters. The van der Waals surface area contributed by atoms with Crippen molar-refractivity contribution in [3.05, 3.63) is 34.3 Å². The number of benzene rings is 1. The standard InChI is InChI=1S/C10H13ClO2/c1-13-7-9-6-10(11)3-2-8(9)4-5-12/h2-3,6,12H,4-5,7H2,1H3. The molecule has 0 saturated heterocycles. The molecule has 0 aliphatic rings. The van der Waals surface area contributed by atoms with E-state index in [1.807, 2.05) is 18.2 Å². The van der Waals surface area contributed by atoms with Crippen molar-refractivity contribution in [2.45, 2.75) is 13.0 Å². The average molecular weight is 201 g/mol. The predicted molar refractivity (Wildman–Crippen MR) is 53.0 cm³/mol. The monoisotopic (exact) mass is 200 g/mol. The second kappa shape index (κ2) is 5.22. The van der Waals surface area contributed by atoms with Gasteiger partial charge in [-0.25, -0.2) is 0 Å². The van der Waals surface area contributed by atoms with Gasteiger partial charge in [-0.2, -0.15) is 0 Å². The Hall–Kier alpha value is -0.570. The van der Waals surface area contributed by atoms with E-state index < -0.39 is 0 Å². The lowest BCUT2D eigenvalue weighted by molar-refractivity contribution is 0.183. The first-order chi connectivity index (χ1) is 6.27. The zero-order valence-corrected chi connectivity index (χ0v) is 8.34. The van der Waals surface area contributed by atoms with Gasteiger partial charge in [-0.1, -0.05) is 17.7 Å². The van der Waals surface area contributed by atoms with E-state index in [0.29, 0.717) is 18.1 Å². The van der Waals surface area contributed by atoms with E-state index in [1.54, 1.807) is 7.11 Å². The van der Waals surface area contributed by atoms with Gasteiger partial charge in [0.2, 0.25) is 0 Å². The minimum absolute atomic E-state index is 0.151. The lowest BCUT2D eigenvalue weighted by Gasteiger charge is -2.07. The van der Waals surface area contributed by atoms with E-state index in [4.69, 9.17) is 21.4 Å². The van der Waals surface area contributed by atoms with Gasteiger partial charge in [0.1, 0.15) is 0 Å². The van der Waals surface area contributed by atoms with Crippen LogP contribution in [0.2, 0.25) is 5.02 Å². The molecule has 0 bridgehead atoms. The summed E-state index contributed by atoms with van der Waals surface area (Å²) in [6.07, 6.45) is 0.649. The maximum atomic E-state index is 8.81. The van der Waals surface area contributed by atoms with Gasteiger partial charge >= 0.3 is 0 Å². The summed E-state index contributed by atoms with van der Waals surface area (Å²) in [5, 5.41) is 9.51. The van der Waals surface area contributed by atoms with Crippen LogP contribution in [0.3, 0.4) is 0 Å². The van der Waals surface area contributed by atoms with Gasteiger partial charge in [-0.3, -0.25) is 0 Å². The quantitative estimate of drug-likeness (QED) is 0.806. The molecule has 2 nitrogen and oxygen atoms in total. The van der Waals surface area contributed by atoms with E-state index in [9.17, 15) is 0 Å². The Morgan fingerprint density at radius 2 is 2.15 bits per heavy atom. The number of aliphatic hydroxyl groups is 1. The Labute approximate surface area is 83.1 Å². The van der Waals surface area contributed by atoms with Crippen LogP contribution in [0.25, 0.3) is 0 Å². The summed E-state index contributed by atoms with van der Waals surface area (Å²) in [6, 6.07) is 5.62. The highest BCUT2D eigenvalue weighted by molar-refractivity contribution is 6.30. The first-order valence-corrected chi connectivity index (χ1v) is 4.53. The van der Waals surface area contributed by atoms with Crippen LogP contribution in [0.5, 0.6) is 0 Å². The van der Waals surface area contributed by atoms with Crippen molar-refractivity contribution in [1.82, 2.24) is 0 Å². The van der Waals surface area contributed by atoms with Crippen molar-refractivity contribution in [3.8, 4) is 0 Å². The molecule has 0 aliphatic carbocycles. The fourth-order valence-electron chi connectivity index (χ4n) is 1.25. The molecule has 72 valence electrons. The van der Waals surface area contributed by atoms with Gasteiger partial charge in [0.05, 0.1) is 6.61 Å². The van der Waals surface area contributed by atoms with Crippen molar-refractivity contribution in [2.24, 2.45) is 0 Å². The maximum absolute atomic E-state index is 8.81. The Bertz CT molecular complexity index is 274. The molecule has 1 aromatic carbocycles. The fourth-order valence-corrected chi connectivity index (χ4v) is 1.44. The molecule has 1 aromatic rings. The number of halogens is 1. The molecule has 1 rings (SSSR count). The van der Waals surface area contributed by atoms with Gasteiger partial charge in [0.25, 0.3) is 0 Å². The van der Waals surface area contributed by atoms with Gasteiger partial charge in [0.15, 0.2) is 0 Å². The fraction of sp³-hybridized carbons (Fsp3) is 0.400. The highest BCUT2D eigenvalue weighted by Gasteiger charge is 2.02. The summed E-state index contributed by atoms with van der Waals surface area (Å²) in [5.74, 6) is 0. The third-order valence-corrected chi connectivity index (χ3v) is 2.08. The molecule has 13 heavy (non-hydrogen) atoms. The molecular weight excluding hydrogens is 188 g/mol. The number of hydrogen-bond donors (Lipinski definition) is 1. The molecule has 0 saturated carbocycles. The van der Waals surface area contributed by atoms with E-state index in [2.05, 4.69) is 0 Å². The molecule has 0 spiro atoms. The topological polar surface area (TPSA) is 29.5 Å². The van der Waals surface area contributed by atoms with E-state index in [-0.39, 0.29) is 6.61 Å². The number of hydrogen-bond acceptors (Lipinski definition) is 2. The van der Waals surface area contributed by atoms with Crippen LogP contribution in [-0.2, 0) is 17.8 Å². The third kappa shape index (κ3) is 2.99. The summed E-state index contributed by atoms with van der Waals surface area (Å²) in [7, 11) is 1.64. The largest absolute Gasteiger partial charge is 0.396 e. The number of aliphatic hydroxyl groups excluding tert-OH is 1. The summed E-state index contributed by atoms with van der Waals surface area (Å²) in [5.41, 5.74) is 2.14. The molecule has 3 heteroatoms. The van der Waals surface area contributed by atoms with Crippen LogP contribution in [-0.4, -0.2) is 18.8 Å². The molecule has 0 aliphatic heterocycles. The van der Waals surface area contributed by atoms with E-state index in [0.717, 1.165) is 11.1 Å². The van der Waals surface area contributed by atoms with Crippen molar-refractivity contribution in [1.29, 1.82) is 0 Å². The second-order valence-corrected chi connectivity index (χ2v) is 3.26. The van der Waals surface area contributed by atoms with Crippen LogP contribution in [0.15, 0.2) is 18.2 Å².